The number of allylic oxidation sites excluding steroid dienone is 1. The number of hydrogen-bond donors (Lipinski definition) is 0. The molecule has 1 saturated carbocycles. The fourth-order valence-electron chi connectivity index (χ4n) is 12.3. The number of unbranched alkanes of at least 4 members (excludes halogenated alkanes) is 24. The van der Waals surface area contributed by atoms with Gasteiger partial charge in [0.15, 0.2) is 0 Å². The fraction of sp³-hybridized carbons (Fsp3) is 0.746. The standard InChI is InChI=1S/C63H103N3O4/c1-5-8-11-14-18-25-35-50-65(61(68)48-44-54-37-28-27-29-38-54)59-52-62(69)66(63(59)70)51-36-26-20-17-23-33-42-58-56(40-31-21-16-19-24-34-49-64-53(4)43-47-60(64)67)46-45-55(39-30-13-10-7-3)57(58)41-32-22-15-12-9-6-2/h27-29,37-38,43-44,47-48,55-59H,4-26,30-36,39-42,45-46,49-52H2,1-3H3/b48-44+. The monoisotopic (exact) mass is 966 g/mol. The maximum atomic E-state index is 13.9. The van der Waals surface area contributed by atoms with E-state index in [1.165, 1.54) is 185 Å². The number of amides is 4. The summed E-state index contributed by atoms with van der Waals surface area (Å²) in [6.07, 6.45) is 51.6. The summed E-state index contributed by atoms with van der Waals surface area (Å²) in [5, 5.41) is 0. The highest BCUT2D eigenvalue weighted by molar-refractivity contribution is 6.07. The van der Waals surface area contributed by atoms with E-state index < -0.39 is 6.04 Å². The van der Waals surface area contributed by atoms with E-state index in [4.69, 9.17) is 0 Å². The lowest BCUT2D eigenvalue weighted by Gasteiger charge is -2.44. The van der Waals surface area contributed by atoms with Crippen molar-refractivity contribution >= 4 is 29.7 Å². The predicted octanol–water partition coefficient (Wildman–Crippen LogP) is 16.8. The van der Waals surface area contributed by atoms with E-state index in [1.807, 2.05) is 47.4 Å². The first kappa shape index (κ1) is 59.1. The first-order valence-corrected chi connectivity index (χ1v) is 29.8. The normalized spacial score (nSPS) is 20.5. The minimum Gasteiger partial charge on any atom is -0.327 e. The highest BCUT2D eigenvalue weighted by Crippen LogP contribution is 2.48. The van der Waals surface area contributed by atoms with Crippen molar-refractivity contribution in [3.8, 4) is 0 Å². The summed E-state index contributed by atoms with van der Waals surface area (Å²) in [5.74, 6) is 3.14. The molecule has 70 heavy (non-hydrogen) atoms. The Morgan fingerprint density at radius 1 is 0.557 bits per heavy atom. The van der Waals surface area contributed by atoms with Crippen molar-refractivity contribution in [3.63, 3.8) is 0 Å². The molecule has 394 valence electrons. The number of imide groups is 1. The van der Waals surface area contributed by atoms with Crippen LogP contribution in [0.25, 0.3) is 6.08 Å². The summed E-state index contributed by atoms with van der Waals surface area (Å²) in [7, 11) is 0. The molecule has 1 aromatic carbocycles. The van der Waals surface area contributed by atoms with Crippen molar-refractivity contribution < 1.29 is 19.2 Å². The summed E-state index contributed by atoms with van der Waals surface area (Å²) in [6.45, 7) is 12.7. The van der Waals surface area contributed by atoms with Gasteiger partial charge >= 0.3 is 0 Å². The van der Waals surface area contributed by atoms with Crippen LogP contribution in [-0.2, 0) is 19.2 Å². The van der Waals surface area contributed by atoms with Crippen molar-refractivity contribution in [2.45, 2.75) is 258 Å². The van der Waals surface area contributed by atoms with Crippen LogP contribution in [0, 0.1) is 23.7 Å². The molecule has 4 amide bonds. The largest absolute Gasteiger partial charge is 0.327 e. The smallest absolute Gasteiger partial charge is 0.252 e. The molecule has 1 saturated heterocycles. The average Bonchev–Trinajstić information content (AvgIpc) is 3.84. The first-order valence-electron chi connectivity index (χ1n) is 29.8. The van der Waals surface area contributed by atoms with Crippen LogP contribution in [0.15, 0.2) is 60.8 Å². The lowest BCUT2D eigenvalue weighted by molar-refractivity contribution is -0.142. The molecule has 0 radical (unpaired) electrons. The number of nitrogens with zero attached hydrogens (tertiary/aromatic N) is 3. The summed E-state index contributed by atoms with van der Waals surface area (Å²) in [5.41, 5.74) is 1.78. The van der Waals surface area contributed by atoms with Gasteiger partial charge in [0.05, 0.1) is 6.42 Å². The molecule has 2 heterocycles. The van der Waals surface area contributed by atoms with Crippen LogP contribution < -0.4 is 0 Å². The minimum atomic E-state index is -0.701. The molecular formula is C63H103N3O4. The Hall–Kier alpha value is -3.48. The quantitative estimate of drug-likeness (QED) is 0.0372. The maximum absolute atomic E-state index is 13.9. The van der Waals surface area contributed by atoms with Crippen LogP contribution in [0.2, 0.25) is 0 Å². The summed E-state index contributed by atoms with van der Waals surface area (Å²) in [6, 6.07) is 9.09. The number of carbonyl (C=O) groups is 4. The lowest BCUT2D eigenvalue weighted by Crippen LogP contribution is -2.45. The topological polar surface area (TPSA) is 78.0 Å². The van der Waals surface area contributed by atoms with Crippen molar-refractivity contribution in [3.05, 3.63) is 66.4 Å². The Morgan fingerprint density at radius 2 is 1.00 bits per heavy atom. The average molecular weight is 967 g/mol. The third-order valence-corrected chi connectivity index (χ3v) is 16.5. The van der Waals surface area contributed by atoms with Crippen LogP contribution >= 0.6 is 0 Å². The Bertz CT molecular complexity index is 1650. The van der Waals surface area contributed by atoms with E-state index in [0.717, 1.165) is 86.4 Å². The second-order valence-electron chi connectivity index (χ2n) is 22.0. The summed E-state index contributed by atoms with van der Waals surface area (Å²) < 4.78 is 0. The zero-order valence-electron chi connectivity index (χ0n) is 45.3. The molecule has 4 rings (SSSR count). The Balaban J connectivity index is 1.25. The van der Waals surface area contributed by atoms with Crippen LogP contribution in [0.4, 0.5) is 0 Å². The van der Waals surface area contributed by atoms with Gasteiger partial charge in [-0.3, -0.25) is 24.1 Å². The second-order valence-corrected chi connectivity index (χ2v) is 22.0. The van der Waals surface area contributed by atoms with E-state index in [0.29, 0.717) is 13.1 Å². The molecular weight excluding hydrogens is 863 g/mol. The highest BCUT2D eigenvalue weighted by atomic mass is 16.2. The van der Waals surface area contributed by atoms with Gasteiger partial charge in [0, 0.05) is 37.5 Å². The molecule has 5 unspecified atom stereocenters. The van der Waals surface area contributed by atoms with E-state index >= 15 is 0 Å². The molecule has 2 aliphatic heterocycles. The predicted molar refractivity (Wildman–Crippen MR) is 295 cm³/mol. The van der Waals surface area contributed by atoms with Crippen molar-refractivity contribution in [2.24, 2.45) is 23.7 Å². The SMILES string of the molecule is C=C1C=CC(=O)N1CCCCCCCCC1CCC(CCCCCC)C(CCCCCCCC)C1CCCCCCCCN1C(=O)CC(N(CCCCCCCCC)C(=O)/C=C/c2ccccc2)C1=O. The van der Waals surface area contributed by atoms with Crippen molar-refractivity contribution in [2.75, 3.05) is 19.6 Å². The molecule has 1 aliphatic carbocycles. The van der Waals surface area contributed by atoms with E-state index in [2.05, 4.69) is 27.4 Å². The van der Waals surface area contributed by atoms with Gasteiger partial charge in [-0.2, -0.15) is 0 Å². The van der Waals surface area contributed by atoms with Gasteiger partial charge in [0.1, 0.15) is 6.04 Å². The fourth-order valence-corrected chi connectivity index (χ4v) is 12.3. The van der Waals surface area contributed by atoms with Crippen LogP contribution in [0.5, 0.6) is 0 Å². The van der Waals surface area contributed by atoms with Gasteiger partial charge in [0.2, 0.25) is 11.8 Å². The molecule has 0 N–H and O–H groups in total. The molecule has 5 atom stereocenters. The van der Waals surface area contributed by atoms with Crippen LogP contribution in [0.3, 0.4) is 0 Å². The Labute approximate surface area is 429 Å². The molecule has 0 aromatic heterocycles. The molecule has 7 nitrogen and oxygen atoms in total. The molecule has 7 heteroatoms. The van der Waals surface area contributed by atoms with Gasteiger partial charge in [0.25, 0.3) is 11.8 Å². The molecule has 2 fully saturated rings. The zero-order chi connectivity index (χ0) is 50.0. The lowest BCUT2D eigenvalue weighted by atomic mass is 9.61. The first-order chi connectivity index (χ1) is 34.3. The van der Waals surface area contributed by atoms with Gasteiger partial charge in [-0.25, -0.2) is 0 Å². The maximum Gasteiger partial charge on any atom is 0.252 e. The third-order valence-electron chi connectivity index (χ3n) is 16.5. The minimum absolute atomic E-state index is 0.0880. The third kappa shape index (κ3) is 22.1. The van der Waals surface area contributed by atoms with E-state index in [9.17, 15) is 19.2 Å². The van der Waals surface area contributed by atoms with Gasteiger partial charge < -0.3 is 9.80 Å². The second kappa shape index (κ2) is 36.4. The van der Waals surface area contributed by atoms with Gasteiger partial charge in [-0.05, 0) is 86.3 Å². The molecule has 0 spiro atoms. The van der Waals surface area contributed by atoms with Crippen molar-refractivity contribution in [1.82, 2.24) is 14.7 Å². The van der Waals surface area contributed by atoms with E-state index in [-0.39, 0.29) is 30.0 Å². The molecule has 0 bridgehead atoms. The van der Waals surface area contributed by atoms with Gasteiger partial charge in [-0.1, -0.05) is 237 Å². The molecule has 1 aromatic rings. The van der Waals surface area contributed by atoms with Crippen LogP contribution in [0.1, 0.15) is 257 Å². The number of likely N-dealkylation sites (tertiary alicyclic amines) is 1. The number of hydrogen-bond acceptors (Lipinski definition) is 4. The Kier molecular flexibility index (Phi) is 30.8. The number of benzene rings is 1. The number of rotatable bonds is 41. The van der Waals surface area contributed by atoms with E-state index in [1.54, 1.807) is 17.1 Å². The summed E-state index contributed by atoms with van der Waals surface area (Å²) in [4.78, 5) is 57.9. The Morgan fingerprint density at radius 3 is 1.50 bits per heavy atom. The zero-order valence-corrected chi connectivity index (χ0v) is 45.3. The van der Waals surface area contributed by atoms with Crippen molar-refractivity contribution in [1.29, 1.82) is 0 Å². The number of carbonyl (C=O) groups excluding carboxylic acids is 4. The van der Waals surface area contributed by atoms with Gasteiger partial charge in [-0.15, -0.1) is 0 Å². The molecule has 3 aliphatic rings. The highest BCUT2D eigenvalue weighted by Gasteiger charge is 2.43. The van der Waals surface area contributed by atoms with Crippen LogP contribution in [-0.4, -0.2) is 64.0 Å². The summed E-state index contributed by atoms with van der Waals surface area (Å²) >= 11 is 0.